The third kappa shape index (κ3) is 4.76. The number of fused-ring (bicyclic) bond motifs is 1. The highest BCUT2D eigenvalue weighted by Gasteiger charge is 2.41. The number of halogens is 2. The Balaban J connectivity index is 1.34. The van der Waals surface area contributed by atoms with E-state index in [0.29, 0.717) is 49.1 Å². The minimum absolute atomic E-state index is 0.000756. The van der Waals surface area contributed by atoms with Gasteiger partial charge in [0, 0.05) is 54.3 Å². The molecule has 2 aromatic rings. The predicted molar refractivity (Wildman–Crippen MR) is 134 cm³/mol. The van der Waals surface area contributed by atoms with Crippen molar-refractivity contribution in [2.75, 3.05) is 37.8 Å². The van der Waals surface area contributed by atoms with E-state index >= 15 is 0 Å². The number of aromatic nitrogens is 2. The van der Waals surface area contributed by atoms with Crippen LogP contribution in [0.4, 0.5) is 10.2 Å². The standard InChI is InChI=1S/C26H33ClFN5O2/c1-26(2)8-7-19(31-26)21(16-3-5-18(27)6-4-16)25(35)33-11-9-32(10-12-33)24-22-17(14-28)13-20(34)23(22)29-15-30-24/h3-6,15,17,19-21,31,34H,7-14H2,1-2H3/t17-,19?,20+,21?/m0/s1. The number of anilines is 1. The molecule has 1 aliphatic carbocycles. The van der Waals surface area contributed by atoms with E-state index in [9.17, 15) is 14.3 Å². The van der Waals surface area contributed by atoms with Gasteiger partial charge in [-0.3, -0.25) is 9.18 Å². The third-order valence-corrected chi connectivity index (χ3v) is 8.01. The van der Waals surface area contributed by atoms with Gasteiger partial charge in [0.15, 0.2) is 0 Å². The second kappa shape index (κ2) is 9.64. The lowest BCUT2D eigenvalue weighted by atomic mass is 9.88. The zero-order valence-electron chi connectivity index (χ0n) is 20.3. The van der Waals surface area contributed by atoms with Gasteiger partial charge in [-0.15, -0.1) is 0 Å². The maximum Gasteiger partial charge on any atom is 0.231 e. The van der Waals surface area contributed by atoms with Crippen molar-refractivity contribution < 1.29 is 14.3 Å². The van der Waals surface area contributed by atoms with Gasteiger partial charge in [0.1, 0.15) is 12.1 Å². The first-order chi connectivity index (χ1) is 16.8. The van der Waals surface area contributed by atoms with Crippen molar-refractivity contribution in [2.24, 2.45) is 0 Å². The van der Waals surface area contributed by atoms with Crippen molar-refractivity contribution in [1.82, 2.24) is 20.2 Å². The van der Waals surface area contributed by atoms with E-state index in [1.54, 1.807) is 0 Å². The number of nitrogens with one attached hydrogen (secondary N) is 1. The highest BCUT2D eigenvalue weighted by atomic mass is 35.5. The molecule has 7 nitrogen and oxygen atoms in total. The molecule has 3 aliphatic rings. The normalized spacial score (nSPS) is 26.6. The second-order valence-corrected chi connectivity index (χ2v) is 11.1. The number of amides is 1. The Morgan fingerprint density at radius 2 is 1.94 bits per heavy atom. The Labute approximate surface area is 210 Å². The van der Waals surface area contributed by atoms with E-state index < -0.39 is 12.8 Å². The number of carbonyl (C=O) groups is 1. The number of aliphatic hydroxyl groups is 1. The molecule has 0 radical (unpaired) electrons. The number of rotatable bonds is 5. The molecule has 2 fully saturated rings. The SMILES string of the molecule is CC1(C)CCC(C(C(=O)N2CCN(c3ncnc4c3[C@H](CF)C[C@H]4O)CC2)c2ccc(Cl)cc2)N1. The largest absolute Gasteiger partial charge is 0.387 e. The summed E-state index contributed by atoms with van der Waals surface area (Å²) in [4.78, 5) is 26.6. The molecule has 2 unspecified atom stereocenters. The average molecular weight is 502 g/mol. The van der Waals surface area contributed by atoms with Crippen LogP contribution in [0, 0.1) is 0 Å². The lowest BCUT2D eigenvalue weighted by molar-refractivity contribution is -0.133. The lowest BCUT2D eigenvalue weighted by Crippen LogP contribution is -2.53. The Morgan fingerprint density at radius 3 is 2.57 bits per heavy atom. The fraction of sp³-hybridized carbons (Fsp3) is 0.577. The van der Waals surface area contributed by atoms with Gasteiger partial charge in [-0.2, -0.15) is 0 Å². The molecule has 2 saturated heterocycles. The Bertz CT molecular complexity index is 1070. The van der Waals surface area contributed by atoms with Crippen LogP contribution in [-0.2, 0) is 4.79 Å². The molecule has 1 aromatic carbocycles. The average Bonchev–Trinajstić information content (AvgIpc) is 3.39. The number of piperazine rings is 1. The number of carbonyl (C=O) groups excluding carboxylic acids is 1. The van der Waals surface area contributed by atoms with Crippen LogP contribution in [0.5, 0.6) is 0 Å². The molecule has 1 aromatic heterocycles. The maximum absolute atomic E-state index is 13.9. The summed E-state index contributed by atoms with van der Waals surface area (Å²) in [5.74, 6) is 0.138. The minimum Gasteiger partial charge on any atom is -0.387 e. The highest BCUT2D eigenvalue weighted by molar-refractivity contribution is 6.30. The van der Waals surface area contributed by atoms with Crippen molar-refractivity contribution in [2.45, 2.75) is 62.6 Å². The zero-order chi connectivity index (χ0) is 24.7. The molecule has 4 atom stereocenters. The highest BCUT2D eigenvalue weighted by Crippen LogP contribution is 2.43. The molecule has 1 amide bonds. The molecule has 3 heterocycles. The maximum atomic E-state index is 13.9. The fourth-order valence-electron chi connectivity index (χ4n) is 5.91. The Kier molecular flexibility index (Phi) is 6.72. The van der Waals surface area contributed by atoms with Crippen LogP contribution in [-0.4, -0.2) is 70.3 Å². The second-order valence-electron chi connectivity index (χ2n) is 10.6. The number of aliphatic hydroxyl groups excluding tert-OH is 1. The van der Waals surface area contributed by atoms with Crippen LogP contribution in [0.25, 0.3) is 0 Å². The van der Waals surface area contributed by atoms with Crippen LogP contribution in [0.3, 0.4) is 0 Å². The number of nitrogens with zero attached hydrogens (tertiary/aromatic N) is 4. The summed E-state index contributed by atoms with van der Waals surface area (Å²) < 4.78 is 13.7. The molecule has 188 valence electrons. The van der Waals surface area contributed by atoms with Gasteiger partial charge < -0.3 is 20.2 Å². The molecular formula is C26H33ClFN5O2. The van der Waals surface area contributed by atoms with Gasteiger partial charge in [-0.05, 0) is 50.8 Å². The Morgan fingerprint density at radius 1 is 1.23 bits per heavy atom. The number of alkyl halides is 1. The van der Waals surface area contributed by atoms with E-state index in [4.69, 9.17) is 11.6 Å². The number of benzene rings is 1. The summed E-state index contributed by atoms with van der Waals surface area (Å²) in [6, 6.07) is 7.68. The Hall–Kier alpha value is -2.29. The first kappa shape index (κ1) is 24.4. The molecule has 2 N–H and O–H groups in total. The third-order valence-electron chi connectivity index (χ3n) is 7.76. The summed E-state index contributed by atoms with van der Waals surface area (Å²) >= 11 is 6.13. The van der Waals surface area contributed by atoms with Gasteiger partial charge in [-0.1, -0.05) is 23.7 Å². The van der Waals surface area contributed by atoms with Crippen molar-refractivity contribution in [3.05, 3.63) is 52.4 Å². The topological polar surface area (TPSA) is 81.6 Å². The van der Waals surface area contributed by atoms with Crippen LogP contribution < -0.4 is 10.2 Å². The predicted octanol–water partition coefficient (Wildman–Crippen LogP) is 3.58. The van der Waals surface area contributed by atoms with Gasteiger partial charge >= 0.3 is 0 Å². The molecule has 35 heavy (non-hydrogen) atoms. The van der Waals surface area contributed by atoms with Crippen molar-refractivity contribution in [3.8, 4) is 0 Å². The van der Waals surface area contributed by atoms with Crippen LogP contribution in [0.1, 0.15) is 67.9 Å². The number of hydrogen-bond acceptors (Lipinski definition) is 6. The summed E-state index contributed by atoms with van der Waals surface area (Å²) in [5, 5.41) is 14.6. The molecule has 2 aliphatic heterocycles. The van der Waals surface area contributed by atoms with Crippen LogP contribution in [0.2, 0.25) is 5.02 Å². The molecule has 5 rings (SSSR count). The molecule has 9 heteroatoms. The molecule has 0 bridgehead atoms. The monoisotopic (exact) mass is 501 g/mol. The first-order valence-electron chi connectivity index (χ1n) is 12.4. The van der Waals surface area contributed by atoms with Crippen LogP contribution in [0.15, 0.2) is 30.6 Å². The van der Waals surface area contributed by atoms with Crippen molar-refractivity contribution in [3.63, 3.8) is 0 Å². The quantitative estimate of drug-likeness (QED) is 0.651. The summed E-state index contributed by atoms with van der Waals surface area (Å²) in [6.45, 7) is 6.12. The molecular weight excluding hydrogens is 469 g/mol. The summed E-state index contributed by atoms with van der Waals surface area (Å²) in [6.07, 6.45) is 2.98. The minimum atomic E-state index is -0.751. The van der Waals surface area contributed by atoms with Gasteiger partial charge in [0.05, 0.1) is 24.4 Å². The first-order valence-corrected chi connectivity index (χ1v) is 12.8. The van der Waals surface area contributed by atoms with Gasteiger partial charge in [0.2, 0.25) is 5.91 Å². The van der Waals surface area contributed by atoms with Gasteiger partial charge in [-0.25, -0.2) is 9.97 Å². The smallest absolute Gasteiger partial charge is 0.231 e. The summed E-state index contributed by atoms with van der Waals surface area (Å²) in [5.41, 5.74) is 2.23. The van der Waals surface area contributed by atoms with Crippen molar-refractivity contribution >= 4 is 23.3 Å². The molecule has 0 spiro atoms. The lowest BCUT2D eigenvalue weighted by Gasteiger charge is -2.39. The zero-order valence-corrected chi connectivity index (χ0v) is 21.0. The van der Waals surface area contributed by atoms with E-state index in [-0.39, 0.29) is 29.3 Å². The van der Waals surface area contributed by atoms with Crippen molar-refractivity contribution in [1.29, 1.82) is 0 Å². The molecule has 0 saturated carbocycles. The van der Waals surface area contributed by atoms with E-state index in [2.05, 4.69) is 34.0 Å². The summed E-state index contributed by atoms with van der Waals surface area (Å²) in [7, 11) is 0. The fourth-order valence-corrected chi connectivity index (χ4v) is 6.04. The van der Waals surface area contributed by atoms with Gasteiger partial charge in [0.25, 0.3) is 0 Å². The van der Waals surface area contributed by atoms with Crippen LogP contribution >= 0.6 is 11.6 Å². The van der Waals surface area contributed by atoms with E-state index in [1.807, 2.05) is 29.2 Å². The van der Waals surface area contributed by atoms with E-state index in [1.165, 1.54) is 6.33 Å². The van der Waals surface area contributed by atoms with E-state index in [0.717, 1.165) is 24.0 Å². The number of hydrogen-bond donors (Lipinski definition) is 2.